The first-order valence-corrected chi connectivity index (χ1v) is 5.41. The number of hydrogen-bond donors (Lipinski definition) is 0. The Morgan fingerprint density at radius 1 is 1.00 bits per heavy atom. The van der Waals surface area contributed by atoms with Gasteiger partial charge in [-0.15, -0.1) is 0 Å². The van der Waals surface area contributed by atoms with Gasteiger partial charge in [0.2, 0.25) is 0 Å². The van der Waals surface area contributed by atoms with Gasteiger partial charge in [-0.2, -0.15) is 13.2 Å². The van der Waals surface area contributed by atoms with Crippen molar-refractivity contribution in [3.05, 3.63) is 64.0 Å². The molecule has 0 fully saturated rings. The number of alkyl halides is 3. The topological polar surface area (TPSA) is 43.1 Å². The lowest BCUT2D eigenvalue weighted by Crippen LogP contribution is -2.06. The summed E-state index contributed by atoms with van der Waals surface area (Å²) >= 11 is 0. The molecule has 104 valence electrons. The van der Waals surface area contributed by atoms with Gasteiger partial charge in [0, 0.05) is 11.6 Å². The zero-order chi connectivity index (χ0) is 14.9. The lowest BCUT2D eigenvalue weighted by molar-refractivity contribution is -0.384. The molecule has 0 aliphatic carbocycles. The molecule has 0 saturated heterocycles. The molecule has 2 aromatic carbocycles. The van der Waals surface area contributed by atoms with Gasteiger partial charge in [-0.25, -0.2) is 4.39 Å². The van der Waals surface area contributed by atoms with E-state index < -0.39 is 33.7 Å². The van der Waals surface area contributed by atoms with E-state index in [4.69, 9.17) is 0 Å². The van der Waals surface area contributed by atoms with Gasteiger partial charge in [-0.3, -0.25) is 10.1 Å². The number of halogens is 4. The highest BCUT2D eigenvalue weighted by Gasteiger charge is 2.32. The highest BCUT2D eigenvalue weighted by Crippen LogP contribution is 2.37. The Morgan fingerprint density at radius 2 is 1.65 bits per heavy atom. The molecule has 0 unspecified atom stereocenters. The van der Waals surface area contributed by atoms with E-state index in [2.05, 4.69) is 0 Å². The SMILES string of the molecule is O=[N+]([O-])c1ccc(C(F)(F)F)cc1-c1ccccc1F. The summed E-state index contributed by atoms with van der Waals surface area (Å²) in [5, 5.41) is 10.9. The molecule has 0 N–H and O–H groups in total. The molecule has 0 atom stereocenters. The first kappa shape index (κ1) is 14.0. The van der Waals surface area contributed by atoms with Gasteiger partial charge in [0.15, 0.2) is 0 Å². The van der Waals surface area contributed by atoms with E-state index >= 15 is 0 Å². The quantitative estimate of drug-likeness (QED) is 0.465. The fourth-order valence-corrected chi connectivity index (χ4v) is 1.77. The van der Waals surface area contributed by atoms with Gasteiger partial charge in [0.05, 0.1) is 16.1 Å². The summed E-state index contributed by atoms with van der Waals surface area (Å²) in [7, 11) is 0. The van der Waals surface area contributed by atoms with Crippen molar-refractivity contribution in [2.45, 2.75) is 6.18 Å². The number of nitro benzene ring substituents is 1. The molecule has 7 heteroatoms. The summed E-state index contributed by atoms with van der Waals surface area (Å²) < 4.78 is 51.6. The fourth-order valence-electron chi connectivity index (χ4n) is 1.77. The van der Waals surface area contributed by atoms with Crippen LogP contribution in [0.4, 0.5) is 23.2 Å². The van der Waals surface area contributed by atoms with Crippen molar-refractivity contribution in [2.24, 2.45) is 0 Å². The zero-order valence-electron chi connectivity index (χ0n) is 9.82. The Bertz CT molecular complexity index is 668. The Morgan fingerprint density at radius 3 is 2.20 bits per heavy atom. The summed E-state index contributed by atoms with van der Waals surface area (Å²) in [6.45, 7) is 0. The summed E-state index contributed by atoms with van der Waals surface area (Å²) in [6, 6.07) is 6.86. The second kappa shape index (κ2) is 4.92. The Kier molecular flexibility index (Phi) is 3.44. The lowest BCUT2D eigenvalue weighted by atomic mass is 10.0. The standard InChI is InChI=1S/C13H7F4NO2/c14-11-4-2-1-3-9(11)10-7-8(13(15,16)17)5-6-12(10)18(19)20/h1-7H. The lowest BCUT2D eigenvalue weighted by Gasteiger charge is -2.10. The third-order valence-corrected chi connectivity index (χ3v) is 2.68. The molecule has 0 aliphatic heterocycles. The average molecular weight is 285 g/mol. The maximum atomic E-state index is 13.6. The van der Waals surface area contributed by atoms with E-state index in [0.717, 1.165) is 12.1 Å². The molecule has 0 amide bonds. The normalized spacial score (nSPS) is 11.4. The van der Waals surface area contributed by atoms with Crippen molar-refractivity contribution < 1.29 is 22.5 Å². The maximum absolute atomic E-state index is 13.6. The molecule has 2 rings (SSSR count). The van der Waals surface area contributed by atoms with Gasteiger partial charge >= 0.3 is 6.18 Å². The highest BCUT2D eigenvalue weighted by molar-refractivity contribution is 5.74. The molecule has 0 saturated carbocycles. The molecule has 0 radical (unpaired) electrons. The summed E-state index contributed by atoms with van der Waals surface area (Å²) in [5.41, 5.74) is -2.29. The molecule has 0 bridgehead atoms. The summed E-state index contributed by atoms with van der Waals surface area (Å²) in [5.74, 6) is -0.824. The minimum absolute atomic E-state index is 0.245. The van der Waals surface area contributed by atoms with Crippen LogP contribution in [0.5, 0.6) is 0 Å². The summed E-state index contributed by atoms with van der Waals surface area (Å²) in [4.78, 5) is 10.0. The van der Waals surface area contributed by atoms with Crippen molar-refractivity contribution in [1.82, 2.24) is 0 Å². The highest BCUT2D eigenvalue weighted by atomic mass is 19.4. The van der Waals surface area contributed by atoms with Crippen LogP contribution in [0.3, 0.4) is 0 Å². The van der Waals surface area contributed by atoms with Crippen LogP contribution in [0.2, 0.25) is 0 Å². The smallest absolute Gasteiger partial charge is 0.258 e. The number of rotatable bonds is 2. The molecule has 0 aromatic heterocycles. The largest absolute Gasteiger partial charge is 0.416 e. The Balaban J connectivity index is 2.71. The van der Waals surface area contributed by atoms with Gasteiger partial charge < -0.3 is 0 Å². The van der Waals surface area contributed by atoms with Crippen molar-refractivity contribution in [3.8, 4) is 11.1 Å². The van der Waals surface area contributed by atoms with Crippen LogP contribution in [0.25, 0.3) is 11.1 Å². The predicted octanol–water partition coefficient (Wildman–Crippen LogP) is 4.42. The van der Waals surface area contributed by atoms with Crippen LogP contribution in [-0.2, 0) is 6.18 Å². The monoisotopic (exact) mass is 285 g/mol. The van der Waals surface area contributed by atoms with Crippen molar-refractivity contribution in [3.63, 3.8) is 0 Å². The molecule has 0 aliphatic rings. The number of nitrogens with zero attached hydrogens (tertiary/aromatic N) is 1. The van der Waals surface area contributed by atoms with Crippen LogP contribution < -0.4 is 0 Å². The first-order chi connectivity index (χ1) is 9.30. The average Bonchev–Trinajstić information content (AvgIpc) is 2.37. The minimum atomic E-state index is -4.66. The summed E-state index contributed by atoms with van der Waals surface area (Å²) in [6.07, 6.45) is -4.66. The number of benzene rings is 2. The van der Waals surface area contributed by atoms with Crippen LogP contribution >= 0.6 is 0 Å². The molecule has 2 aromatic rings. The second-order valence-electron chi connectivity index (χ2n) is 3.97. The number of hydrogen-bond acceptors (Lipinski definition) is 2. The van der Waals surface area contributed by atoms with Crippen LogP contribution in [-0.4, -0.2) is 4.92 Å². The molecule has 20 heavy (non-hydrogen) atoms. The second-order valence-corrected chi connectivity index (χ2v) is 3.97. The van der Waals surface area contributed by atoms with Crippen molar-refractivity contribution >= 4 is 5.69 Å². The number of nitro groups is 1. The van der Waals surface area contributed by atoms with E-state index in [1.165, 1.54) is 18.2 Å². The van der Waals surface area contributed by atoms with Crippen molar-refractivity contribution in [1.29, 1.82) is 0 Å². The molecule has 0 heterocycles. The zero-order valence-corrected chi connectivity index (χ0v) is 9.82. The first-order valence-electron chi connectivity index (χ1n) is 5.41. The van der Waals surface area contributed by atoms with E-state index in [0.29, 0.717) is 12.1 Å². The van der Waals surface area contributed by atoms with Gasteiger partial charge in [-0.1, -0.05) is 18.2 Å². The van der Waals surface area contributed by atoms with Crippen LogP contribution in [0, 0.1) is 15.9 Å². The van der Waals surface area contributed by atoms with Crippen LogP contribution in [0.15, 0.2) is 42.5 Å². The molecular weight excluding hydrogens is 278 g/mol. The minimum Gasteiger partial charge on any atom is -0.258 e. The van der Waals surface area contributed by atoms with Gasteiger partial charge in [0.25, 0.3) is 5.69 Å². The third kappa shape index (κ3) is 2.61. The third-order valence-electron chi connectivity index (χ3n) is 2.68. The van der Waals surface area contributed by atoms with E-state index in [9.17, 15) is 27.7 Å². The van der Waals surface area contributed by atoms with Crippen LogP contribution in [0.1, 0.15) is 5.56 Å². The van der Waals surface area contributed by atoms with Crippen molar-refractivity contribution in [2.75, 3.05) is 0 Å². The van der Waals surface area contributed by atoms with Gasteiger partial charge in [-0.05, 0) is 18.2 Å². The maximum Gasteiger partial charge on any atom is 0.416 e. The fraction of sp³-hybridized carbons (Fsp3) is 0.0769. The molecule has 3 nitrogen and oxygen atoms in total. The Hall–Kier alpha value is -2.44. The van der Waals surface area contributed by atoms with E-state index in [1.807, 2.05) is 0 Å². The predicted molar refractivity (Wildman–Crippen MR) is 63.5 cm³/mol. The molecular formula is C13H7F4NO2. The molecule has 0 spiro atoms. The van der Waals surface area contributed by atoms with E-state index in [-0.39, 0.29) is 5.56 Å². The van der Waals surface area contributed by atoms with Gasteiger partial charge in [0.1, 0.15) is 5.82 Å². The Labute approximate surface area is 110 Å². The van der Waals surface area contributed by atoms with E-state index in [1.54, 1.807) is 0 Å².